The molecule has 108 valence electrons. The predicted octanol–water partition coefficient (Wildman–Crippen LogP) is 2.83. The molecule has 22 heavy (non-hydrogen) atoms. The van der Waals surface area contributed by atoms with Crippen molar-refractivity contribution in [3.8, 4) is 11.5 Å². The van der Waals surface area contributed by atoms with E-state index in [9.17, 15) is 9.59 Å². The van der Waals surface area contributed by atoms with Crippen molar-refractivity contribution in [1.29, 1.82) is 0 Å². The van der Waals surface area contributed by atoms with Crippen LogP contribution in [0.1, 0.15) is 11.1 Å². The number of ether oxygens (including phenoxy) is 1. The van der Waals surface area contributed by atoms with Gasteiger partial charge < -0.3 is 10.5 Å². The molecule has 3 aromatic carbocycles. The molecular weight excluding hydrogens is 278 g/mol. The molecule has 3 aromatic rings. The Bertz CT molecular complexity index is 886. The van der Waals surface area contributed by atoms with Crippen LogP contribution in [0.3, 0.4) is 0 Å². The zero-order chi connectivity index (χ0) is 15.5. The summed E-state index contributed by atoms with van der Waals surface area (Å²) in [7, 11) is 0. The van der Waals surface area contributed by atoms with Gasteiger partial charge >= 0.3 is 0 Å². The van der Waals surface area contributed by atoms with Crippen LogP contribution in [-0.4, -0.2) is 0 Å². The van der Waals surface area contributed by atoms with E-state index in [1.165, 1.54) is 0 Å². The van der Waals surface area contributed by atoms with Crippen LogP contribution in [0.5, 0.6) is 11.5 Å². The largest absolute Gasteiger partial charge is 0.457 e. The van der Waals surface area contributed by atoms with Gasteiger partial charge in [-0.1, -0.05) is 36.4 Å². The van der Waals surface area contributed by atoms with E-state index in [0.717, 1.165) is 17.1 Å². The third-order valence-corrected chi connectivity index (χ3v) is 3.29. The van der Waals surface area contributed by atoms with Gasteiger partial charge in [-0.2, -0.15) is 0 Å². The zero-order valence-electron chi connectivity index (χ0n) is 11.7. The van der Waals surface area contributed by atoms with Crippen LogP contribution < -0.4 is 21.3 Å². The molecule has 3 rings (SSSR count). The molecule has 0 radical (unpaired) electrons. The molecule has 0 aromatic heterocycles. The number of para-hydroxylation sites is 1. The van der Waals surface area contributed by atoms with E-state index in [4.69, 9.17) is 10.5 Å². The molecule has 0 spiro atoms. The number of anilines is 1. The molecule has 0 saturated carbocycles. The number of nitrogen functional groups attached to an aromatic ring is 1. The first-order valence-corrected chi connectivity index (χ1v) is 6.75. The van der Waals surface area contributed by atoms with Crippen LogP contribution in [0.4, 0.5) is 5.69 Å². The number of rotatable bonds is 4. The minimum Gasteiger partial charge on any atom is -0.457 e. The van der Waals surface area contributed by atoms with Gasteiger partial charge in [-0.25, -0.2) is 0 Å². The number of hydrogen-bond donors (Lipinski definition) is 1. The standard InChI is InChI=1S/C18H13NO3/c19-16-15(17(20)18(16)21)11-8-12-6-9-14(10-7-12)22-13-4-2-1-3-5-13/h1-11H,19H2. The average molecular weight is 291 g/mol. The first-order valence-electron chi connectivity index (χ1n) is 6.75. The lowest BCUT2D eigenvalue weighted by atomic mass is 10.1. The second-order valence-electron chi connectivity index (χ2n) is 4.80. The van der Waals surface area contributed by atoms with Gasteiger partial charge in [0.1, 0.15) is 11.5 Å². The summed E-state index contributed by atoms with van der Waals surface area (Å²) in [6, 6.07) is 16.9. The quantitative estimate of drug-likeness (QED) is 0.750. The summed E-state index contributed by atoms with van der Waals surface area (Å²) >= 11 is 0. The van der Waals surface area contributed by atoms with Gasteiger partial charge in [0.2, 0.25) is 10.9 Å². The molecule has 0 atom stereocenters. The minimum atomic E-state index is -0.605. The Morgan fingerprint density at radius 2 is 1.41 bits per heavy atom. The Morgan fingerprint density at radius 3 is 2.05 bits per heavy atom. The minimum absolute atomic E-state index is 0.0327. The predicted molar refractivity (Wildman–Crippen MR) is 87.7 cm³/mol. The molecule has 0 aliphatic heterocycles. The van der Waals surface area contributed by atoms with Crippen LogP contribution in [0.25, 0.3) is 12.2 Å². The maximum Gasteiger partial charge on any atom is 0.249 e. The van der Waals surface area contributed by atoms with E-state index in [-0.39, 0.29) is 11.3 Å². The normalized spacial score (nSPS) is 11.1. The van der Waals surface area contributed by atoms with Crippen molar-refractivity contribution >= 4 is 17.8 Å². The van der Waals surface area contributed by atoms with Crippen molar-refractivity contribution in [3.05, 3.63) is 86.2 Å². The van der Waals surface area contributed by atoms with Gasteiger partial charge in [0.05, 0.1) is 11.3 Å². The maximum atomic E-state index is 11.3. The molecule has 4 heteroatoms. The van der Waals surface area contributed by atoms with Crippen molar-refractivity contribution in [3.63, 3.8) is 0 Å². The van der Waals surface area contributed by atoms with Crippen LogP contribution in [-0.2, 0) is 0 Å². The summed E-state index contributed by atoms with van der Waals surface area (Å²) < 4.78 is 5.69. The lowest BCUT2D eigenvalue weighted by Gasteiger charge is -2.05. The van der Waals surface area contributed by atoms with Crippen molar-refractivity contribution in [2.24, 2.45) is 0 Å². The molecular formula is C18H13NO3. The van der Waals surface area contributed by atoms with Gasteiger partial charge in [0.25, 0.3) is 0 Å². The second-order valence-corrected chi connectivity index (χ2v) is 4.80. The summed E-state index contributed by atoms with van der Waals surface area (Å²) in [4.78, 5) is 22.3. The zero-order valence-corrected chi connectivity index (χ0v) is 11.7. The van der Waals surface area contributed by atoms with Crippen LogP contribution in [0.2, 0.25) is 0 Å². The fourth-order valence-corrected chi connectivity index (χ4v) is 2.04. The Morgan fingerprint density at radius 1 is 0.773 bits per heavy atom. The van der Waals surface area contributed by atoms with E-state index >= 15 is 0 Å². The lowest BCUT2D eigenvalue weighted by molar-refractivity contribution is 0.482. The van der Waals surface area contributed by atoms with Gasteiger partial charge in [-0.15, -0.1) is 0 Å². The highest BCUT2D eigenvalue weighted by Gasteiger charge is 2.14. The summed E-state index contributed by atoms with van der Waals surface area (Å²) in [5.41, 5.74) is 5.52. The lowest BCUT2D eigenvalue weighted by Crippen LogP contribution is -2.36. The first-order chi connectivity index (χ1) is 10.6. The van der Waals surface area contributed by atoms with Gasteiger partial charge in [0, 0.05) is 0 Å². The van der Waals surface area contributed by atoms with Gasteiger partial charge in [-0.05, 0) is 35.9 Å². The van der Waals surface area contributed by atoms with E-state index in [1.54, 1.807) is 12.2 Å². The molecule has 0 fully saturated rings. The van der Waals surface area contributed by atoms with E-state index in [2.05, 4.69) is 0 Å². The van der Waals surface area contributed by atoms with Gasteiger partial charge in [0.15, 0.2) is 0 Å². The van der Waals surface area contributed by atoms with E-state index in [0.29, 0.717) is 0 Å². The van der Waals surface area contributed by atoms with Crippen molar-refractivity contribution < 1.29 is 4.74 Å². The Labute approximate surface area is 126 Å². The number of nitrogens with two attached hydrogens (primary N) is 1. The first kappa shape index (κ1) is 13.8. The molecule has 0 aliphatic rings. The molecule has 2 N–H and O–H groups in total. The second kappa shape index (κ2) is 5.69. The third kappa shape index (κ3) is 2.67. The number of hydrogen-bond acceptors (Lipinski definition) is 4. The van der Waals surface area contributed by atoms with Crippen LogP contribution in [0.15, 0.2) is 64.2 Å². The smallest absolute Gasteiger partial charge is 0.249 e. The highest BCUT2D eigenvalue weighted by atomic mass is 16.5. The molecule has 0 saturated heterocycles. The molecule has 0 aliphatic carbocycles. The summed E-state index contributed by atoms with van der Waals surface area (Å²) in [6.07, 6.45) is 3.30. The molecule has 0 bridgehead atoms. The molecule has 0 amide bonds. The molecule has 4 nitrogen and oxygen atoms in total. The summed E-state index contributed by atoms with van der Waals surface area (Å²) in [6.45, 7) is 0. The van der Waals surface area contributed by atoms with Crippen molar-refractivity contribution in [2.45, 2.75) is 0 Å². The van der Waals surface area contributed by atoms with Gasteiger partial charge in [-0.3, -0.25) is 9.59 Å². The average Bonchev–Trinajstić information content (AvgIpc) is 2.57. The van der Waals surface area contributed by atoms with Crippen molar-refractivity contribution in [2.75, 3.05) is 5.73 Å². The summed E-state index contributed by atoms with van der Waals surface area (Å²) in [5, 5.41) is 0. The highest BCUT2D eigenvalue weighted by Crippen LogP contribution is 2.21. The molecule has 0 unspecified atom stereocenters. The summed E-state index contributed by atoms with van der Waals surface area (Å²) in [5.74, 6) is 1.49. The molecule has 0 heterocycles. The Balaban J connectivity index is 1.72. The topological polar surface area (TPSA) is 69.4 Å². The Hall–Kier alpha value is -3.14. The van der Waals surface area contributed by atoms with Crippen LogP contribution in [0, 0.1) is 0 Å². The maximum absolute atomic E-state index is 11.3. The highest BCUT2D eigenvalue weighted by molar-refractivity contribution is 5.78. The third-order valence-electron chi connectivity index (χ3n) is 3.29. The van der Waals surface area contributed by atoms with Crippen LogP contribution >= 0.6 is 0 Å². The monoisotopic (exact) mass is 291 g/mol. The Kier molecular flexibility index (Phi) is 3.58. The van der Waals surface area contributed by atoms with E-state index in [1.807, 2.05) is 54.6 Å². The number of benzene rings is 2. The fraction of sp³-hybridized carbons (Fsp3) is 0. The fourth-order valence-electron chi connectivity index (χ4n) is 2.04. The van der Waals surface area contributed by atoms with E-state index < -0.39 is 10.9 Å². The SMILES string of the molecule is Nc1c(C=Cc2ccc(Oc3ccccc3)cc2)c(=O)c1=O. The van der Waals surface area contributed by atoms with Crippen molar-refractivity contribution in [1.82, 2.24) is 0 Å².